The van der Waals surface area contributed by atoms with Crippen molar-refractivity contribution in [1.82, 2.24) is 20.1 Å². The number of benzene rings is 2. The van der Waals surface area contributed by atoms with Crippen molar-refractivity contribution in [2.24, 2.45) is 0 Å². The number of rotatable bonds is 6. The number of carbonyl (C=O) groups excluding carboxylic acids is 2. The lowest BCUT2D eigenvalue weighted by atomic mass is 9.77. The van der Waals surface area contributed by atoms with E-state index < -0.39 is 5.41 Å². The molecule has 170 valence electrons. The monoisotopic (exact) mass is 447 g/mol. The van der Waals surface area contributed by atoms with Gasteiger partial charge in [-0.3, -0.25) is 9.59 Å². The highest BCUT2D eigenvalue weighted by atomic mass is 16.6. The maximum Gasteiger partial charge on any atom is 0.243 e. The molecule has 0 unspecified atom stereocenters. The summed E-state index contributed by atoms with van der Waals surface area (Å²) in [6.07, 6.45) is 6.47. The summed E-state index contributed by atoms with van der Waals surface area (Å²) in [5, 5.41) is 9.75. The third-order valence-corrected chi connectivity index (χ3v) is 6.23. The van der Waals surface area contributed by atoms with Crippen molar-refractivity contribution < 1.29 is 19.1 Å². The molecule has 1 aliphatic heterocycles. The Morgan fingerprint density at radius 1 is 1.00 bits per heavy atom. The standard InChI is InChI=1S/C24H25N5O4/c30-22(28-18-4-6-19(7-5-18)29-16-25-15-27-29)14-26-23(31)24(9-1-2-10-24)17-3-8-20-21(13-17)33-12-11-32-20/h3-8,13,15-16H,1-2,9-12,14H2,(H,26,31)(H,28,30). The molecule has 0 spiro atoms. The first-order chi connectivity index (χ1) is 16.1. The third kappa shape index (κ3) is 4.26. The van der Waals surface area contributed by atoms with Crippen molar-refractivity contribution in [3.8, 4) is 17.2 Å². The maximum absolute atomic E-state index is 13.3. The molecule has 0 bridgehead atoms. The Labute approximate surface area is 191 Å². The number of hydrogen-bond donors (Lipinski definition) is 2. The first-order valence-corrected chi connectivity index (χ1v) is 11.1. The second-order valence-corrected chi connectivity index (χ2v) is 8.27. The molecular formula is C24H25N5O4. The zero-order valence-corrected chi connectivity index (χ0v) is 18.1. The average Bonchev–Trinajstić information content (AvgIpc) is 3.56. The lowest BCUT2D eigenvalue weighted by Gasteiger charge is -2.29. The van der Waals surface area contributed by atoms with Gasteiger partial charge in [-0.05, 0) is 54.8 Å². The molecule has 1 saturated carbocycles. The number of fused-ring (bicyclic) bond motifs is 1. The van der Waals surface area contributed by atoms with Crippen LogP contribution in [0.3, 0.4) is 0 Å². The third-order valence-electron chi connectivity index (χ3n) is 6.23. The van der Waals surface area contributed by atoms with E-state index in [1.807, 2.05) is 30.3 Å². The second-order valence-electron chi connectivity index (χ2n) is 8.27. The Morgan fingerprint density at radius 2 is 1.76 bits per heavy atom. The van der Waals surface area contributed by atoms with Gasteiger partial charge >= 0.3 is 0 Å². The number of hydrogen-bond acceptors (Lipinski definition) is 6. The van der Waals surface area contributed by atoms with E-state index in [1.54, 1.807) is 23.1 Å². The van der Waals surface area contributed by atoms with E-state index in [4.69, 9.17) is 9.47 Å². The summed E-state index contributed by atoms with van der Waals surface area (Å²) >= 11 is 0. The molecule has 9 heteroatoms. The first kappa shape index (κ1) is 21.0. The van der Waals surface area contributed by atoms with Crippen LogP contribution in [0.5, 0.6) is 11.5 Å². The SMILES string of the molecule is O=C(CNC(=O)C1(c2ccc3c(c2)OCCO3)CCCC1)Nc1ccc(-n2cncn2)cc1. The van der Waals surface area contributed by atoms with Gasteiger partial charge in [-0.25, -0.2) is 9.67 Å². The predicted molar refractivity (Wildman–Crippen MR) is 121 cm³/mol. The van der Waals surface area contributed by atoms with Crippen molar-refractivity contribution in [2.75, 3.05) is 25.1 Å². The summed E-state index contributed by atoms with van der Waals surface area (Å²) in [5.41, 5.74) is 1.73. The van der Waals surface area contributed by atoms with Gasteiger partial charge in [-0.2, -0.15) is 5.10 Å². The normalized spacial score (nSPS) is 16.2. The van der Waals surface area contributed by atoms with Gasteiger partial charge in [0.05, 0.1) is 17.6 Å². The number of ether oxygens (including phenoxy) is 2. The molecule has 2 aromatic carbocycles. The van der Waals surface area contributed by atoms with E-state index >= 15 is 0 Å². The van der Waals surface area contributed by atoms with Crippen molar-refractivity contribution >= 4 is 17.5 Å². The summed E-state index contributed by atoms with van der Waals surface area (Å²) in [6.45, 7) is 0.919. The van der Waals surface area contributed by atoms with Crippen LogP contribution in [0, 0.1) is 0 Å². The molecule has 33 heavy (non-hydrogen) atoms. The van der Waals surface area contributed by atoms with Crippen LogP contribution in [-0.2, 0) is 15.0 Å². The largest absolute Gasteiger partial charge is 0.486 e. The highest BCUT2D eigenvalue weighted by Gasteiger charge is 2.43. The van der Waals surface area contributed by atoms with Gasteiger partial charge in [0.25, 0.3) is 0 Å². The first-order valence-electron chi connectivity index (χ1n) is 11.1. The van der Waals surface area contributed by atoms with E-state index in [2.05, 4.69) is 20.7 Å². The van der Waals surface area contributed by atoms with E-state index in [0.717, 1.165) is 36.9 Å². The minimum atomic E-state index is -0.657. The summed E-state index contributed by atoms with van der Waals surface area (Å²) in [4.78, 5) is 29.7. The fraction of sp³-hybridized carbons (Fsp3) is 0.333. The molecule has 1 aliphatic carbocycles. The Hall–Kier alpha value is -3.88. The van der Waals surface area contributed by atoms with Crippen LogP contribution in [0.25, 0.3) is 5.69 Å². The van der Waals surface area contributed by atoms with Gasteiger partial charge in [0.2, 0.25) is 11.8 Å². The molecule has 1 aromatic heterocycles. The van der Waals surface area contributed by atoms with Gasteiger partial charge in [0, 0.05) is 5.69 Å². The number of nitrogens with one attached hydrogen (secondary N) is 2. The molecular weight excluding hydrogens is 422 g/mol. The van der Waals surface area contributed by atoms with Crippen LogP contribution >= 0.6 is 0 Å². The Balaban J connectivity index is 1.23. The highest BCUT2D eigenvalue weighted by molar-refractivity contribution is 5.97. The molecule has 3 aromatic rings. The number of carbonyl (C=O) groups is 2. The molecule has 0 saturated heterocycles. The summed E-state index contributed by atoms with van der Waals surface area (Å²) in [7, 11) is 0. The lowest BCUT2D eigenvalue weighted by molar-refractivity contribution is -0.128. The fourth-order valence-corrected chi connectivity index (χ4v) is 4.54. The molecule has 5 rings (SSSR count). The minimum absolute atomic E-state index is 0.101. The summed E-state index contributed by atoms with van der Waals surface area (Å²) < 4.78 is 13.0. The molecule has 0 radical (unpaired) electrons. The average molecular weight is 447 g/mol. The van der Waals surface area contributed by atoms with Crippen LogP contribution in [0.15, 0.2) is 55.1 Å². The zero-order valence-electron chi connectivity index (χ0n) is 18.1. The van der Waals surface area contributed by atoms with Crippen LogP contribution in [0.2, 0.25) is 0 Å². The van der Waals surface area contributed by atoms with Gasteiger partial charge in [0.1, 0.15) is 25.9 Å². The number of aromatic nitrogens is 3. The van der Waals surface area contributed by atoms with Gasteiger partial charge in [-0.1, -0.05) is 18.9 Å². The van der Waals surface area contributed by atoms with Crippen molar-refractivity contribution in [2.45, 2.75) is 31.1 Å². The summed E-state index contributed by atoms with van der Waals surface area (Å²) in [5.74, 6) is 0.957. The van der Waals surface area contributed by atoms with Crippen LogP contribution in [-0.4, -0.2) is 46.3 Å². The van der Waals surface area contributed by atoms with Gasteiger partial charge in [-0.15, -0.1) is 0 Å². The van der Waals surface area contributed by atoms with E-state index in [1.165, 1.54) is 6.33 Å². The summed E-state index contributed by atoms with van der Waals surface area (Å²) in [6, 6.07) is 12.9. The molecule has 9 nitrogen and oxygen atoms in total. The maximum atomic E-state index is 13.3. The van der Waals surface area contributed by atoms with Crippen molar-refractivity contribution in [3.63, 3.8) is 0 Å². The smallest absolute Gasteiger partial charge is 0.243 e. The second kappa shape index (κ2) is 8.93. The fourth-order valence-electron chi connectivity index (χ4n) is 4.54. The van der Waals surface area contributed by atoms with E-state index in [9.17, 15) is 9.59 Å². The number of nitrogens with zero attached hydrogens (tertiary/aromatic N) is 3. The molecule has 0 atom stereocenters. The van der Waals surface area contributed by atoms with E-state index in [0.29, 0.717) is 30.4 Å². The van der Waals surface area contributed by atoms with Crippen LogP contribution in [0.1, 0.15) is 31.2 Å². The molecule has 2 amide bonds. The zero-order chi connectivity index (χ0) is 22.7. The lowest BCUT2D eigenvalue weighted by Crippen LogP contribution is -2.45. The molecule has 2 heterocycles. The van der Waals surface area contributed by atoms with Crippen LogP contribution in [0.4, 0.5) is 5.69 Å². The molecule has 1 fully saturated rings. The quantitative estimate of drug-likeness (QED) is 0.602. The van der Waals surface area contributed by atoms with Crippen molar-refractivity contribution in [3.05, 3.63) is 60.7 Å². The topological polar surface area (TPSA) is 107 Å². The Bertz CT molecular complexity index is 1140. The van der Waals surface area contributed by atoms with Crippen LogP contribution < -0.4 is 20.1 Å². The van der Waals surface area contributed by atoms with Gasteiger partial charge < -0.3 is 20.1 Å². The Kier molecular flexibility index (Phi) is 5.68. The molecule has 2 aliphatic rings. The molecule has 2 N–H and O–H groups in total. The Morgan fingerprint density at radius 3 is 2.48 bits per heavy atom. The number of amides is 2. The highest BCUT2D eigenvalue weighted by Crippen LogP contribution is 2.44. The predicted octanol–water partition coefficient (Wildman–Crippen LogP) is 2.61. The number of anilines is 1. The van der Waals surface area contributed by atoms with Crippen molar-refractivity contribution in [1.29, 1.82) is 0 Å². The van der Waals surface area contributed by atoms with E-state index in [-0.39, 0.29) is 18.4 Å². The minimum Gasteiger partial charge on any atom is -0.486 e. The van der Waals surface area contributed by atoms with Gasteiger partial charge in [0.15, 0.2) is 11.5 Å².